The minimum absolute atomic E-state index is 0.111. The van der Waals surface area contributed by atoms with Gasteiger partial charge in [-0.05, 0) is 70.6 Å². The smallest absolute Gasteiger partial charge is 0.354 e. The number of halogens is 1. The lowest BCUT2D eigenvalue weighted by molar-refractivity contribution is -0.126. The number of nitrogens with zero attached hydrogens (tertiary/aromatic N) is 4. The number of aromatic nitrogens is 2. The van der Waals surface area contributed by atoms with Gasteiger partial charge in [0.05, 0.1) is 11.2 Å². The molecule has 6 rings (SSSR count). The number of piperazine rings is 1. The molecule has 43 heavy (non-hydrogen) atoms. The zero-order valence-corrected chi connectivity index (χ0v) is 25.0. The molecule has 1 atom stereocenters. The van der Waals surface area contributed by atoms with Crippen LogP contribution in [-0.4, -0.2) is 51.6 Å². The van der Waals surface area contributed by atoms with Crippen molar-refractivity contribution in [1.82, 2.24) is 14.5 Å². The highest BCUT2D eigenvalue weighted by molar-refractivity contribution is 6.35. The van der Waals surface area contributed by atoms with Gasteiger partial charge in [-0.2, -0.15) is 4.98 Å². The number of anilines is 1. The number of carbonyl (C=O) groups excluding carboxylic acids is 1. The Labute approximate surface area is 255 Å². The zero-order chi connectivity index (χ0) is 30.2. The maximum atomic E-state index is 14.1. The van der Waals surface area contributed by atoms with Gasteiger partial charge in [-0.15, -0.1) is 0 Å². The van der Waals surface area contributed by atoms with E-state index in [2.05, 4.69) is 31.5 Å². The molecule has 218 valence electrons. The summed E-state index contributed by atoms with van der Waals surface area (Å²) in [7, 11) is 0. The molecule has 1 aromatic heterocycles. The van der Waals surface area contributed by atoms with Crippen LogP contribution in [0.1, 0.15) is 31.7 Å². The number of benzene rings is 4. The van der Waals surface area contributed by atoms with E-state index in [1.807, 2.05) is 59.5 Å². The van der Waals surface area contributed by atoms with Crippen LogP contribution in [0.5, 0.6) is 5.75 Å². The highest BCUT2D eigenvalue weighted by atomic mass is 35.5. The van der Waals surface area contributed by atoms with Crippen LogP contribution in [0.15, 0.2) is 90.2 Å². The number of phenols is 1. The number of amides is 1. The Hall–Kier alpha value is -4.62. The van der Waals surface area contributed by atoms with E-state index >= 15 is 0 Å². The molecular formula is C35H33ClN4O3. The third kappa shape index (κ3) is 5.14. The Bertz CT molecular complexity index is 1940. The molecule has 1 amide bonds. The SMILES string of the molecule is C=CC(=O)N1CCN(c2nc(=O)n(-c3ccccc3C(C)CC)c3cc(-c4cc(O)cc5ccccc45)c(Cl)cc23)CC1. The van der Waals surface area contributed by atoms with E-state index in [-0.39, 0.29) is 17.6 Å². The summed E-state index contributed by atoms with van der Waals surface area (Å²) in [6.45, 7) is 9.92. The molecule has 2 heterocycles. The minimum Gasteiger partial charge on any atom is -0.508 e. The van der Waals surface area contributed by atoms with Gasteiger partial charge < -0.3 is 14.9 Å². The van der Waals surface area contributed by atoms with Crippen molar-refractivity contribution in [3.05, 3.63) is 107 Å². The first-order chi connectivity index (χ1) is 20.8. The van der Waals surface area contributed by atoms with Crippen molar-refractivity contribution in [3.63, 3.8) is 0 Å². The number of hydrogen-bond donors (Lipinski definition) is 1. The highest BCUT2D eigenvalue weighted by Gasteiger charge is 2.25. The average Bonchev–Trinajstić information content (AvgIpc) is 3.03. The van der Waals surface area contributed by atoms with Gasteiger partial charge >= 0.3 is 5.69 Å². The molecule has 0 radical (unpaired) electrons. The minimum atomic E-state index is -0.392. The van der Waals surface area contributed by atoms with Gasteiger partial charge in [0.1, 0.15) is 11.6 Å². The first-order valence-corrected chi connectivity index (χ1v) is 14.9. The Morgan fingerprint density at radius 2 is 1.72 bits per heavy atom. The monoisotopic (exact) mass is 592 g/mol. The standard InChI is InChI=1S/C35H33ClN4O3/c1-4-22(3)25-11-8-9-13-31(25)40-32-21-28(27-19-24(41)18-23-10-6-7-12-26(23)27)30(36)20-29(32)34(37-35(40)43)39-16-14-38(15-17-39)33(42)5-2/h5-13,18-22,41H,2,4,14-17H2,1,3H3. The molecule has 0 bridgehead atoms. The second-order valence-electron chi connectivity index (χ2n) is 11.0. The molecule has 1 aliphatic rings. The second-order valence-corrected chi connectivity index (χ2v) is 11.4. The van der Waals surface area contributed by atoms with Gasteiger partial charge in [-0.3, -0.25) is 9.36 Å². The molecule has 8 heteroatoms. The summed E-state index contributed by atoms with van der Waals surface area (Å²) >= 11 is 7.05. The van der Waals surface area contributed by atoms with E-state index in [1.165, 1.54) is 6.08 Å². The zero-order valence-electron chi connectivity index (χ0n) is 24.3. The summed E-state index contributed by atoms with van der Waals surface area (Å²) in [5, 5.41) is 13.7. The summed E-state index contributed by atoms with van der Waals surface area (Å²) in [4.78, 5) is 34.7. The van der Waals surface area contributed by atoms with Gasteiger partial charge in [0.15, 0.2) is 0 Å². The van der Waals surface area contributed by atoms with E-state index < -0.39 is 5.69 Å². The highest BCUT2D eigenvalue weighted by Crippen LogP contribution is 2.40. The molecule has 0 aliphatic carbocycles. The molecule has 0 spiro atoms. The third-order valence-corrected chi connectivity index (χ3v) is 8.80. The van der Waals surface area contributed by atoms with Crippen molar-refractivity contribution in [1.29, 1.82) is 0 Å². The van der Waals surface area contributed by atoms with Crippen LogP contribution in [0.3, 0.4) is 0 Å². The lowest BCUT2D eigenvalue weighted by Gasteiger charge is -2.35. The molecule has 7 nitrogen and oxygen atoms in total. The maximum Gasteiger partial charge on any atom is 0.354 e. The van der Waals surface area contributed by atoms with Crippen LogP contribution in [-0.2, 0) is 4.79 Å². The second kappa shape index (κ2) is 11.6. The molecule has 1 N–H and O–H groups in total. The number of phenolic OH excluding ortho intramolecular Hbond substituents is 1. The number of hydrogen-bond acceptors (Lipinski definition) is 5. The lowest BCUT2D eigenvalue weighted by Crippen LogP contribution is -2.49. The number of carbonyl (C=O) groups is 1. The van der Waals surface area contributed by atoms with E-state index in [0.717, 1.165) is 39.4 Å². The van der Waals surface area contributed by atoms with Crippen LogP contribution < -0.4 is 10.6 Å². The van der Waals surface area contributed by atoms with Crippen molar-refractivity contribution in [2.75, 3.05) is 31.1 Å². The predicted octanol–water partition coefficient (Wildman–Crippen LogP) is 6.91. The van der Waals surface area contributed by atoms with Gasteiger partial charge in [-0.1, -0.05) is 74.5 Å². The van der Waals surface area contributed by atoms with Crippen LogP contribution >= 0.6 is 11.6 Å². The quantitative estimate of drug-likeness (QED) is 0.217. The molecular weight excluding hydrogens is 560 g/mol. The fourth-order valence-electron chi connectivity index (χ4n) is 6.02. The summed E-state index contributed by atoms with van der Waals surface area (Å²) < 4.78 is 1.68. The average molecular weight is 593 g/mol. The normalized spacial score (nSPS) is 14.3. The summed E-state index contributed by atoms with van der Waals surface area (Å²) in [5.74, 6) is 0.777. The largest absolute Gasteiger partial charge is 0.508 e. The molecule has 0 saturated carbocycles. The van der Waals surface area contributed by atoms with E-state index in [0.29, 0.717) is 48.1 Å². The van der Waals surface area contributed by atoms with E-state index in [4.69, 9.17) is 11.6 Å². The van der Waals surface area contributed by atoms with Crippen LogP contribution in [0.4, 0.5) is 5.82 Å². The Kier molecular flexibility index (Phi) is 7.67. The Balaban J connectivity index is 1.63. The number of aromatic hydroxyl groups is 1. The fraction of sp³-hybridized carbons (Fsp3) is 0.229. The van der Waals surface area contributed by atoms with Crippen molar-refractivity contribution in [2.24, 2.45) is 0 Å². The first-order valence-electron chi connectivity index (χ1n) is 14.5. The third-order valence-electron chi connectivity index (χ3n) is 8.48. The number of fused-ring (bicyclic) bond motifs is 2. The lowest BCUT2D eigenvalue weighted by atomic mass is 9.95. The topological polar surface area (TPSA) is 78.7 Å². The molecule has 1 aliphatic heterocycles. The van der Waals surface area contributed by atoms with Crippen molar-refractivity contribution >= 4 is 45.0 Å². The molecule has 1 fully saturated rings. The summed E-state index contributed by atoms with van der Waals surface area (Å²) in [6.07, 6.45) is 2.24. The van der Waals surface area contributed by atoms with Crippen molar-refractivity contribution in [3.8, 4) is 22.6 Å². The molecule has 4 aromatic carbocycles. The molecule has 1 unspecified atom stereocenters. The van der Waals surface area contributed by atoms with Crippen LogP contribution in [0, 0.1) is 0 Å². The first kappa shape index (κ1) is 28.5. The van der Waals surface area contributed by atoms with Gasteiger partial charge in [0.2, 0.25) is 5.91 Å². The maximum absolute atomic E-state index is 14.1. The van der Waals surface area contributed by atoms with Gasteiger partial charge in [0, 0.05) is 42.2 Å². The molecule has 5 aromatic rings. The summed E-state index contributed by atoms with van der Waals surface area (Å²) in [6, 6.07) is 23.0. The Morgan fingerprint density at radius 1 is 1.00 bits per heavy atom. The summed E-state index contributed by atoms with van der Waals surface area (Å²) in [5.41, 5.74) is 3.58. The van der Waals surface area contributed by atoms with E-state index in [9.17, 15) is 14.7 Å². The van der Waals surface area contributed by atoms with Crippen molar-refractivity contribution < 1.29 is 9.90 Å². The molecule has 1 saturated heterocycles. The fourth-order valence-corrected chi connectivity index (χ4v) is 6.29. The number of rotatable bonds is 6. The van der Waals surface area contributed by atoms with Gasteiger partial charge in [-0.25, -0.2) is 4.79 Å². The van der Waals surface area contributed by atoms with Gasteiger partial charge in [0.25, 0.3) is 0 Å². The van der Waals surface area contributed by atoms with Crippen LogP contribution in [0.2, 0.25) is 5.02 Å². The van der Waals surface area contributed by atoms with Crippen molar-refractivity contribution in [2.45, 2.75) is 26.2 Å². The number of para-hydroxylation sites is 1. The predicted molar refractivity (Wildman–Crippen MR) is 175 cm³/mol. The Morgan fingerprint density at radius 3 is 2.47 bits per heavy atom. The van der Waals surface area contributed by atoms with Crippen LogP contribution in [0.25, 0.3) is 38.5 Å². The van der Waals surface area contributed by atoms with E-state index in [1.54, 1.807) is 21.6 Å².